The molecule has 0 fully saturated rings. The van der Waals surface area contributed by atoms with Crippen molar-refractivity contribution in [3.8, 4) is 56.8 Å². The lowest BCUT2D eigenvalue weighted by atomic mass is 9.76. The minimum absolute atomic E-state index is 0.0786. The Bertz CT molecular complexity index is 1800. The number of hydrogen-bond donors (Lipinski definition) is 6. The highest BCUT2D eigenvalue weighted by Gasteiger charge is 2.29. The van der Waals surface area contributed by atoms with Crippen molar-refractivity contribution in [3.63, 3.8) is 0 Å². The molecule has 6 nitrogen and oxygen atoms in total. The van der Waals surface area contributed by atoms with E-state index >= 15 is 0 Å². The normalized spacial score (nSPS) is 11.0. The van der Waals surface area contributed by atoms with E-state index in [1.165, 1.54) is 0 Å². The van der Waals surface area contributed by atoms with Crippen LogP contribution in [-0.4, -0.2) is 30.6 Å². The summed E-state index contributed by atoms with van der Waals surface area (Å²) in [6.07, 6.45) is 0.806. The van der Waals surface area contributed by atoms with Crippen LogP contribution < -0.4 is 0 Å². The number of benzene rings is 6. The van der Waals surface area contributed by atoms with Crippen LogP contribution in [0.3, 0.4) is 0 Å². The molecule has 0 spiro atoms. The maximum atomic E-state index is 10.8. The van der Waals surface area contributed by atoms with Crippen molar-refractivity contribution in [2.45, 2.75) is 25.7 Å². The van der Waals surface area contributed by atoms with Gasteiger partial charge in [-0.25, -0.2) is 0 Å². The quantitative estimate of drug-likeness (QED) is 0.112. The minimum atomic E-state index is -0.692. The molecule has 0 unspecified atom stereocenters. The topological polar surface area (TPSA) is 121 Å². The fourth-order valence-corrected chi connectivity index (χ4v) is 5.50. The molecule has 6 aromatic carbocycles. The summed E-state index contributed by atoms with van der Waals surface area (Å²) in [5, 5.41) is 60.1. The first kappa shape index (κ1) is 31.5. The zero-order valence-corrected chi connectivity index (χ0v) is 25.6. The predicted octanol–water partition coefficient (Wildman–Crippen LogP) is 8.86. The second-order valence-corrected chi connectivity index (χ2v) is 11.6. The maximum Gasteiger partial charge on any atom is 0.123 e. The standard InChI is InChI=1S/C27H24O4.C13H12O2/c1-27(2,21-13-11-17(15-25(21)30)19-7-3-5-9-23(19)28)22-14-12-18(16-26(22)31)20-8-4-6-10-24(20)29;14-12-5-1-10(2-6-12)9-11-3-7-13(15)8-4-11/h3-16,28-31H,1-2H3;1-8,14-15H,9H2. The fourth-order valence-electron chi connectivity index (χ4n) is 5.50. The Balaban J connectivity index is 0.000000232. The molecule has 0 radical (unpaired) electrons. The Morgan fingerprint density at radius 2 is 0.783 bits per heavy atom. The van der Waals surface area contributed by atoms with Crippen molar-refractivity contribution in [2.75, 3.05) is 0 Å². The molecule has 0 saturated heterocycles. The lowest BCUT2D eigenvalue weighted by molar-refractivity contribution is 0.436. The van der Waals surface area contributed by atoms with Gasteiger partial charge in [0.25, 0.3) is 0 Å². The molecule has 0 amide bonds. The van der Waals surface area contributed by atoms with E-state index in [1.54, 1.807) is 72.8 Å². The second-order valence-electron chi connectivity index (χ2n) is 11.6. The van der Waals surface area contributed by atoms with Crippen molar-refractivity contribution >= 4 is 0 Å². The van der Waals surface area contributed by atoms with Crippen molar-refractivity contribution in [1.82, 2.24) is 0 Å². The van der Waals surface area contributed by atoms with Crippen LogP contribution in [0.5, 0.6) is 34.5 Å². The molecular formula is C40H36O6. The summed E-state index contributed by atoms with van der Waals surface area (Å²) in [6.45, 7) is 3.85. The van der Waals surface area contributed by atoms with E-state index in [1.807, 2.05) is 74.5 Å². The molecule has 0 aliphatic rings. The van der Waals surface area contributed by atoms with Gasteiger partial charge >= 0.3 is 0 Å². The average molecular weight is 613 g/mol. The molecule has 0 heterocycles. The van der Waals surface area contributed by atoms with Gasteiger partial charge in [0.05, 0.1) is 0 Å². The molecule has 46 heavy (non-hydrogen) atoms. The summed E-state index contributed by atoms with van der Waals surface area (Å²) in [4.78, 5) is 0. The lowest BCUT2D eigenvalue weighted by Gasteiger charge is -2.28. The Kier molecular flexibility index (Phi) is 9.19. The third kappa shape index (κ3) is 7.08. The van der Waals surface area contributed by atoms with Gasteiger partial charge in [-0.15, -0.1) is 0 Å². The zero-order valence-electron chi connectivity index (χ0n) is 25.6. The number of rotatable bonds is 6. The average Bonchev–Trinajstić information content (AvgIpc) is 3.04. The van der Waals surface area contributed by atoms with Crippen molar-refractivity contribution < 1.29 is 30.6 Å². The van der Waals surface area contributed by atoms with Gasteiger partial charge in [0.2, 0.25) is 0 Å². The Labute approximate surface area is 268 Å². The third-order valence-electron chi connectivity index (χ3n) is 8.05. The lowest BCUT2D eigenvalue weighted by Crippen LogP contribution is -2.19. The summed E-state index contributed by atoms with van der Waals surface area (Å²) in [7, 11) is 0. The fraction of sp³-hybridized carbons (Fsp3) is 0.100. The molecule has 6 aromatic rings. The zero-order chi connectivity index (χ0) is 32.8. The molecule has 0 bridgehead atoms. The van der Waals surface area contributed by atoms with Crippen LogP contribution in [0.4, 0.5) is 0 Å². The van der Waals surface area contributed by atoms with E-state index in [9.17, 15) is 20.4 Å². The van der Waals surface area contributed by atoms with E-state index in [-0.39, 0.29) is 34.5 Å². The predicted molar refractivity (Wildman–Crippen MR) is 182 cm³/mol. The molecule has 0 atom stereocenters. The third-order valence-corrected chi connectivity index (χ3v) is 8.05. The minimum Gasteiger partial charge on any atom is -0.508 e. The Hall–Kier alpha value is -5.88. The van der Waals surface area contributed by atoms with Crippen LogP contribution in [0.1, 0.15) is 36.1 Å². The van der Waals surface area contributed by atoms with Crippen LogP contribution in [0.25, 0.3) is 22.3 Å². The molecule has 232 valence electrons. The summed E-state index contributed by atoms with van der Waals surface area (Å²) >= 11 is 0. The monoisotopic (exact) mass is 612 g/mol. The van der Waals surface area contributed by atoms with Gasteiger partial charge < -0.3 is 30.6 Å². The molecule has 0 saturated carbocycles. The largest absolute Gasteiger partial charge is 0.508 e. The summed E-state index contributed by atoms with van der Waals surface area (Å²) in [5.74, 6) is 1.01. The molecule has 6 rings (SSSR count). The number of phenolic OH excluding ortho intramolecular Hbond substituents is 6. The van der Waals surface area contributed by atoms with Crippen LogP contribution in [0, 0.1) is 0 Å². The van der Waals surface area contributed by atoms with Crippen molar-refractivity contribution in [1.29, 1.82) is 0 Å². The first-order valence-electron chi connectivity index (χ1n) is 14.8. The highest BCUT2D eigenvalue weighted by molar-refractivity contribution is 5.74. The maximum absolute atomic E-state index is 10.8. The van der Waals surface area contributed by atoms with Gasteiger partial charge in [0.15, 0.2) is 0 Å². The number of phenols is 6. The molecule has 0 aliphatic carbocycles. The van der Waals surface area contributed by atoms with Gasteiger partial charge in [-0.1, -0.05) is 98.8 Å². The van der Waals surface area contributed by atoms with Gasteiger partial charge in [-0.2, -0.15) is 0 Å². The van der Waals surface area contributed by atoms with E-state index < -0.39 is 5.41 Å². The van der Waals surface area contributed by atoms with Gasteiger partial charge in [-0.05, 0) is 77.2 Å². The van der Waals surface area contributed by atoms with Crippen LogP contribution in [0.2, 0.25) is 0 Å². The Morgan fingerprint density at radius 3 is 1.13 bits per heavy atom. The highest BCUT2D eigenvalue weighted by atomic mass is 16.3. The molecule has 6 heteroatoms. The SMILES string of the molecule is CC(C)(c1ccc(-c2ccccc2O)cc1O)c1ccc(-c2ccccc2O)cc1O.Oc1ccc(Cc2ccc(O)cc2)cc1. The number of aromatic hydroxyl groups is 6. The van der Waals surface area contributed by atoms with Gasteiger partial charge in [-0.3, -0.25) is 0 Å². The van der Waals surface area contributed by atoms with Gasteiger partial charge in [0.1, 0.15) is 34.5 Å². The van der Waals surface area contributed by atoms with Crippen LogP contribution in [0.15, 0.2) is 133 Å². The first-order valence-corrected chi connectivity index (χ1v) is 14.8. The summed E-state index contributed by atoms with van der Waals surface area (Å²) in [5.41, 5.74) is 5.56. The summed E-state index contributed by atoms with van der Waals surface area (Å²) < 4.78 is 0. The number of hydrogen-bond acceptors (Lipinski definition) is 6. The molecular weight excluding hydrogens is 576 g/mol. The van der Waals surface area contributed by atoms with E-state index in [0.717, 1.165) is 17.5 Å². The van der Waals surface area contributed by atoms with Crippen molar-refractivity contribution in [2.24, 2.45) is 0 Å². The highest BCUT2D eigenvalue weighted by Crippen LogP contribution is 2.44. The molecule has 6 N–H and O–H groups in total. The van der Waals surface area contributed by atoms with E-state index in [0.29, 0.717) is 33.4 Å². The summed E-state index contributed by atoms with van der Waals surface area (Å²) in [6, 6.07) is 38.8. The van der Waals surface area contributed by atoms with E-state index in [2.05, 4.69) is 0 Å². The van der Waals surface area contributed by atoms with Crippen LogP contribution >= 0.6 is 0 Å². The molecule has 0 aliphatic heterocycles. The smallest absolute Gasteiger partial charge is 0.123 e. The molecule has 0 aromatic heterocycles. The van der Waals surface area contributed by atoms with Crippen LogP contribution in [-0.2, 0) is 11.8 Å². The second kappa shape index (κ2) is 13.4. The Morgan fingerprint density at radius 1 is 0.413 bits per heavy atom. The van der Waals surface area contributed by atoms with Gasteiger partial charge in [0, 0.05) is 27.7 Å². The van der Waals surface area contributed by atoms with E-state index in [4.69, 9.17) is 10.2 Å². The first-order chi connectivity index (χ1) is 22.0. The van der Waals surface area contributed by atoms with Crippen molar-refractivity contribution in [3.05, 3.63) is 156 Å². The number of para-hydroxylation sites is 2.